The molecule has 0 saturated heterocycles. The lowest BCUT2D eigenvalue weighted by molar-refractivity contribution is -0.136. The monoisotopic (exact) mass is 426 g/mol. The Hall–Kier alpha value is -3.73. The number of benzene rings is 3. The van der Waals surface area contributed by atoms with Crippen molar-refractivity contribution >= 4 is 22.5 Å². The van der Waals surface area contributed by atoms with Gasteiger partial charge in [0, 0.05) is 23.2 Å². The van der Waals surface area contributed by atoms with E-state index >= 15 is 0 Å². The van der Waals surface area contributed by atoms with Gasteiger partial charge in [0.2, 0.25) is 0 Å². The van der Waals surface area contributed by atoms with Crippen molar-refractivity contribution in [1.82, 2.24) is 9.78 Å². The molecule has 0 bridgehead atoms. The molecule has 0 aliphatic carbocycles. The summed E-state index contributed by atoms with van der Waals surface area (Å²) in [6.45, 7) is 6.30. The summed E-state index contributed by atoms with van der Waals surface area (Å²) in [6.07, 6.45) is 0.328. The van der Waals surface area contributed by atoms with E-state index < -0.39 is 5.97 Å². The van der Waals surface area contributed by atoms with Gasteiger partial charge in [-0.05, 0) is 48.2 Å². The van der Waals surface area contributed by atoms with Gasteiger partial charge < -0.3 is 5.11 Å². The van der Waals surface area contributed by atoms with Crippen LogP contribution in [-0.4, -0.2) is 26.6 Å². The first kappa shape index (κ1) is 21.5. The maximum atomic E-state index is 13.0. The Bertz CT molecular complexity index is 1320. The summed E-state index contributed by atoms with van der Waals surface area (Å²) < 4.78 is 1.84. The second-order valence-corrected chi connectivity index (χ2v) is 8.25. The van der Waals surface area contributed by atoms with Crippen LogP contribution >= 0.6 is 0 Å². The number of fused-ring (bicyclic) bond motifs is 1. The van der Waals surface area contributed by atoms with Crippen molar-refractivity contribution in [3.05, 3.63) is 99.9 Å². The molecular formula is C27H26N2O3. The molecule has 0 amide bonds. The van der Waals surface area contributed by atoms with Crippen molar-refractivity contribution in [2.75, 3.05) is 0 Å². The normalized spacial score (nSPS) is 11.1. The number of carboxylic acid groups (broad SMARTS) is 1. The maximum Gasteiger partial charge on any atom is 0.307 e. The van der Waals surface area contributed by atoms with Crippen molar-refractivity contribution in [3.8, 4) is 0 Å². The van der Waals surface area contributed by atoms with Gasteiger partial charge in [0.05, 0.1) is 18.7 Å². The molecule has 5 nitrogen and oxygen atoms in total. The van der Waals surface area contributed by atoms with Crippen molar-refractivity contribution in [1.29, 1.82) is 0 Å². The van der Waals surface area contributed by atoms with Crippen LogP contribution in [0.15, 0.2) is 60.7 Å². The first-order valence-corrected chi connectivity index (χ1v) is 10.7. The summed E-state index contributed by atoms with van der Waals surface area (Å²) in [4.78, 5) is 24.1. The second-order valence-electron chi connectivity index (χ2n) is 8.25. The molecule has 0 spiro atoms. The van der Waals surface area contributed by atoms with Crippen LogP contribution in [0.2, 0.25) is 0 Å². The molecule has 1 aromatic heterocycles. The van der Waals surface area contributed by atoms with Crippen LogP contribution in [0.25, 0.3) is 10.8 Å². The van der Waals surface area contributed by atoms with E-state index in [1.165, 1.54) is 0 Å². The molecule has 3 aromatic carbocycles. The number of nitrogens with zero attached hydrogens (tertiary/aromatic N) is 2. The first-order valence-electron chi connectivity index (χ1n) is 10.7. The molecule has 0 unspecified atom stereocenters. The van der Waals surface area contributed by atoms with Gasteiger partial charge in [-0.15, -0.1) is 0 Å². The number of hydrogen-bond donors (Lipinski definition) is 1. The largest absolute Gasteiger partial charge is 0.481 e. The third-order valence-electron chi connectivity index (χ3n) is 6.08. The van der Waals surface area contributed by atoms with E-state index in [2.05, 4.69) is 17.2 Å². The Balaban J connectivity index is 1.48. The number of aryl methyl sites for hydroxylation is 2. The molecule has 4 aromatic rings. The average molecular weight is 427 g/mol. The maximum absolute atomic E-state index is 13.0. The quantitative estimate of drug-likeness (QED) is 0.419. The van der Waals surface area contributed by atoms with Crippen LogP contribution in [0.4, 0.5) is 0 Å². The summed E-state index contributed by atoms with van der Waals surface area (Å²) in [7, 11) is 0. The number of aromatic nitrogens is 2. The van der Waals surface area contributed by atoms with Crippen LogP contribution in [0.5, 0.6) is 0 Å². The minimum Gasteiger partial charge on any atom is -0.481 e. The lowest BCUT2D eigenvalue weighted by Gasteiger charge is -2.10. The van der Waals surface area contributed by atoms with Crippen LogP contribution < -0.4 is 0 Å². The van der Waals surface area contributed by atoms with Gasteiger partial charge in [-0.1, -0.05) is 60.7 Å². The van der Waals surface area contributed by atoms with Gasteiger partial charge in [0.15, 0.2) is 5.78 Å². The number of rotatable bonds is 7. The van der Waals surface area contributed by atoms with E-state index in [0.29, 0.717) is 13.0 Å². The molecule has 4 rings (SSSR count). The highest BCUT2D eigenvalue weighted by Gasteiger charge is 2.15. The zero-order chi connectivity index (χ0) is 22.8. The Morgan fingerprint density at radius 3 is 2.28 bits per heavy atom. The van der Waals surface area contributed by atoms with Crippen LogP contribution in [0, 0.1) is 20.8 Å². The second kappa shape index (κ2) is 8.79. The molecule has 1 N–H and O–H groups in total. The molecular weight excluding hydrogens is 400 g/mol. The lowest BCUT2D eigenvalue weighted by atomic mass is 9.94. The van der Waals surface area contributed by atoms with Gasteiger partial charge >= 0.3 is 5.97 Å². The van der Waals surface area contributed by atoms with E-state index in [4.69, 9.17) is 5.11 Å². The smallest absolute Gasteiger partial charge is 0.307 e. The highest BCUT2D eigenvalue weighted by molar-refractivity contribution is 6.03. The fraction of sp³-hybridized carbons (Fsp3) is 0.222. The van der Waals surface area contributed by atoms with Crippen molar-refractivity contribution < 1.29 is 14.7 Å². The SMILES string of the molecule is Cc1nn(Cc2ccc(CC(=O)c3ccc4ccccc4c3C)cc2)c(C)c1CC(=O)O. The van der Waals surface area contributed by atoms with Crippen molar-refractivity contribution in [2.24, 2.45) is 0 Å². The number of carbonyl (C=O) groups is 2. The molecule has 0 saturated carbocycles. The Morgan fingerprint density at radius 2 is 1.56 bits per heavy atom. The lowest BCUT2D eigenvalue weighted by Crippen LogP contribution is -2.07. The zero-order valence-corrected chi connectivity index (χ0v) is 18.6. The number of carboxylic acids is 1. The molecule has 32 heavy (non-hydrogen) atoms. The number of aliphatic carboxylic acids is 1. The fourth-order valence-electron chi connectivity index (χ4n) is 4.24. The standard InChI is InChI=1S/C27H26N2O3/c1-17-23-7-5-4-6-22(23)12-13-24(17)26(30)14-20-8-10-21(11-9-20)16-29-19(3)25(15-27(31)32)18(2)28-29/h4-13H,14-16H2,1-3H3,(H,31,32). The topological polar surface area (TPSA) is 72.2 Å². The third-order valence-corrected chi connectivity index (χ3v) is 6.08. The minimum atomic E-state index is -0.855. The molecule has 0 radical (unpaired) electrons. The number of carbonyl (C=O) groups excluding carboxylic acids is 1. The molecule has 162 valence electrons. The number of Topliss-reactive ketones (excluding diaryl/α,β-unsaturated/α-hetero) is 1. The van der Waals surface area contributed by atoms with Crippen molar-refractivity contribution in [2.45, 2.75) is 40.2 Å². The molecule has 5 heteroatoms. The van der Waals surface area contributed by atoms with Gasteiger partial charge in [-0.2, -0.15) is 5.10 Å². The van der Waals surface area contributed by atoms with E-state index in [-0.39, 0.29) is 12.2 Å². The van der Waals surface area contributed by atoms with E-state index in [9.17, 15) is 9.59 Å². The van der Waals surface area contributed by atoms with Gasteiger partial charge in [-0.3, -0.25) is 14.3 Å². The summed E-state index contributed by atoms with van der Waals surface area (Å²) in [5.41, 5.74) is 6.19. The highest BCUT2D eigenvalue weighted by atomic mass is 16.4. The Morgan fingerprint density at radius 1 is 0.875 bits per heavy atom. The average Bonchev–Trinajstić information content (AvgIpc) is 3.02. The fourth-order valence-corrected chi connectivity index (χ4v) is 4.24. The number of ketones is 1. The summed E-state index contributed by atoms with van der Waals surface area (Å²) in [5, 5.41) is 15.9. The molecule has 0 aliphatic heterocycles. The van der Waals surface area contributed by atoms with Crippen LogP contribution in [0.1, 0.15) is 44.0 Å². The predicted octanol–water partition coefficient (Wildman–Crippen LogP) is 5.06. The van der Waals surface area contributed by atoms with Crippen LogP contribution in [-0.2, 0) is 24.2 Å². The van der Waals surface area contributed by atoms with E-state index in [1.54, 1.807) is 0 Å². The van der Waals surface area contributed by atoms with Gasteiger partial charge in [-0.25, -0.2) is 0 Å². The number of hydrogen-bond acceptors (Lipinski definition) is 3. The van der Waals surface area contributed by atoms with E-state index in [1.807, 2.05) is 74.0 Å². The molecule has 0 aliphatic rings. The first-order chi connectivity index (χ1) is 15.3. The van der Waals surface area contributed by atoms with Gasteiger partial charge in [0.25, 0.3) is 0 Å². The minimum absolute atomic E-state index is 0.0209. The highest BCUT2D eigenvalue weighted by Crippen LogP contribution is 2.23. The summed E-state index contributed by atoms with van der Waals surface area (Å²) >= 11 is 0. The molecule has 0 fully saturated rings. The summed E-state index contributed by atoms with van der Waals surface area (Å²) in [6, 6.07) is 20.0. The molecule has 1 heterocycles. The van der Waals surface area contributed by atoms with Gasteiger partial charge in [0.1, 0.15) is 0 Å². The summed E-state index contributed by atoms with van der Waals surface area (Å²) in [5.74, 6) is -0.746. The molecule has 0 atom stereocenters. The van der Waals surface area contributed by atoms with Crippen LogP contribution in [0.3, 0.4) is 0 Å². The zero-order valence-electron chi connectivity index (χ0n) is 18.6. The van der Waals surface area contributed by atoms with Crippen molar-refractivity contribution in [3.63, 3.8) is 0 Å². The Kier molecular flexibility index (Phi) is 5.91. The third kappa shape index (κ3) is 4.33. The van der Waals surface area contributed by atoms with E-state index in [0.717, 1.165) is 50.0 Å². The Labute approximate surface area is 187 Å². The predicted molar refractivity (Wildman–Crippen MR) is 125 cm³/mol.